The molecule has 0 aliphatic carbocycles. The van der Waals surface area contributed by atoms with Crippen LogP contribution in [0.25, 0.3) is 11.3 Å². The summed E-state index contributed by atoms with van der Waals surface area (Å²) in [5, 5.41) is 9.13. The first kappa shape index (κ1) is 18.7. The predicted octanol–water partition coefficient (Wildman–Crippen LogP) is 3.25. The third-order valence-corrected chi connectivity index (χ3v) is 3.43. The second-order valence-electron chi connectivity index (χ2n) is 4.58. The summed E-state index contributed by atoms with van der Waals surface area (Å²) in [6.45, 7) is -1.87. The van der Waals surface area contributed by atoms with Crippen LogP contribution in [-0.4, -0.2) is 29.0 Å². The fourth-order valence-electron chi connectivity index (χ4n) is 1.85. The molecule has 2 rings (SSSR count). The minimum atomic E-state index is -4.77. The summed E-state index contributed by atoms with van der Waals surface area (Å²) in [5.74, 6) is -4.05. The van der Waals surface area contributed by atoms with Gasteiger partial charge in [0.15, 0.2) is 29.1 Å². The molecule has 0 amide bonds. The third kappa shape index (κ3) is 4.27. The summed E-state index contributed by atoms with van der Waals surface area (Å²) in [4.78, 5) is 18.0. The molecule has 1 aromatic carbocycles. The molecule has 0 spiro atoms. The van der Waals surface area contributed by atoms with E-state index >= 15 is 0 Å². The van der Waals surface area contributed by atoms with E-state index in [0.717, 1.165) is 11.8 Å². The molecule has 2 aromatic rings. The number of aromatic amines is 1. The number of H-pyrrole nitrogens is 1. The number of aromatic nitrogens is 2. The lowest BCUT2D eigenvalue weighted by Gasteiger charge is -2.12. The molecule has 0 saturated carbocycles. The largest absolute Gasteiger partial charge is 0.478 e. The quantitative estimate of drug-likeness (QED) is 0.503. The van der Waals surface area contributed by atoms with E-state index in [2.05, 4.69) is 14.7 Å². The Morgan fingerprint density at radius 2 is 1.92 bits per heavy atom. The lowest BCUT2D eigenvalue weighted by molar-refractivity contribution is -0.154. The van der Waals surface area contributed by atoms with E-state index in [0.29, 0.717) is 12.1 Å². The van der Waals surface area contributed by atoms with E-state index in [9.17, 15) is 26.7 Å². The molecule has 1 heterocycles. The number of alkyl halides is 3. The molecule has 25 heavy (non-hydrogen) atoms. The van der Waals surface area contributed by atoms with Crippen molar-refractivity contribution in [1.29, 1.82) is 5.26 Å². The Balaban J connectivity index is 2.54. The van der Waals surface area contributed by atoms with Gasteiger partial charge in [-0.15, -0.1) is 0 Å². The van der Waals surface area contributed by atoms with Crippen LogP contribution in [0.15, 0.2) is 22.1 Å². The summed E-state index contributed by atoms with van der Waals surface area (Å²) in [6, 6.07) is 2.85. The van der Waals surface area contributed by atoms with Crippen molar-refractivity contribution >= 4 is 11.8 Å². The Morgan fingerprint density at radius 3 is 2.40 bits per heavy atom. The number of halogens is 5. The molecule has 1 N–H and O–H groups in total. The van der Waals surface area contributed by atoms with Crippen LogP contribution < -0.4 is 10.3 Å². The number of nitrogens with zero attached hydrogens (tertiary/aromatic N) is 2. The van der Waals surface area contributed by atoms with Crippen LogP contribution in [0, 0.1) is 23.0 Å². The Morgan fingerprint density at radius 1 is 1.32 bits per heavy atom. The Kier molecular flexibility index (Phi) is 5.32. The minimum Gasteiger partial charge on any atom is -0.478 e. The summed E-state index contributed by atoms with van der Waals surface area (Å²) in [6.07, 6.45) is -3.20. The predicted molar refractivity (Wildman–Crippen MR) is 78.3 cm³/mol. The second-order valence-corrected chi connectivity index (χ2v) is 5.38. The maximum absolute atomic E-state index is 14.0. The van der Waals surface area contributed by atoms with Gasteiger partial charge in [0.05, 0.1) is 5.69 Å². The van der Waals surface area contributed by atoms with Crippen LogP contribution in [0.4, 0.5) is 22.0 Å². The number of ether oxygens (including phenoxy) is 1. The van der Waals surface area contributed by atoms with Gasteiger partial charge in [-0.1, -0.05) is 11.8 Å². The number of thioether (sulfide) groups is 1. The molecular weight excluding hydrogens is 369 g/mol. The van der Waals surface area contributed by atoms with Gasteiger partial charge in [-0.2, -0.15) is 18.4 Å². The summed E-state index contributed by atoms with van der Waals surface area (Å²) >= 11 is 1.02. The molecule has 0 aliphatic heterocycles. The highest BCUT2D eigenvalue weighted by atomic mass is 32.2. The van der Waals surface area contributed by atoms with Crippen LogP contribution in [-0.2, 0) is 0 Å². The van der Waals surface area contributed by atoms with Crippen molar-refractivity contribution in [3.8, 4) is 23.1 Å². The molecule has 0 atom stereocenters. The highest BCUT2D eigenvalue weighted by molar-refractivity contribution is 7.98. The van der Waals surface area contributed by atoms with Gasteiger partial charge < -0.3 is 9.72 Å². The minimum absolute atomic E-state index is 0.0946. The summed E-state index contributed by atoms with van der Waals surface area (Å²) < 4.78 is 68.4. The Bertz CT molecular complexity index is 882. The molecular formula is C14H8F5N3O2S. The van der Waals surface area contributed by atoms with Gasteiger partial charge >= 0.3 is 6.18 Å². The molecule has 0 bridgehead atoms. The lowest BCUT2D eigenvalue weighted by atomic mass is 10.1. The van der Waals surface area contributed by atoms with E-state index < -0.39 is 41.3 Å². The number of hydrogen-bond acceptors (Lipinski definition) is 5. The lowest BCUT2D eigenvalue weighted by Crippen LogP contribution is -2.20. The summed E-state index contributed by atoms with van der Waals surface area (Å²) in [7, 11) is 0. The highest BCUT2D eigenvalue weighted by Crippen LogP contribution is 2.30. The standard InChI is InChI=1S/C14H8F5N3O2S/c1-25-13-21-10(7(4-20)12(23)22-13)6-2-8(15)11(9(16)3-6)24-5-14(17,18)19/h2-3H,5H2,1H3,(H,21,22,23). The van der Waals surface area contributed by atoms with Gasteiger partial charge in [-0.25, -0.2) is 13.8 Å². The van der Waals surface area contributed by atoms with Gasteiger partial charge in [0.25, 0.3) is 5.56 Å². The maximum Gasteiger partial charge on any atom is 0.422 e. The van der Waals surface area contributed by atoms with Crippen molar-refractivity contribution in [2.45, 2.75) is 11.3 Å². The SMILES string of the molecule is CSc1nc(-c2cc(F)c(OCC(F)(F)F)c(F)c2)c(C#N)c(=O)[nH]1. The molecule has 0 radical (unpaired) electrons. The number of rotatable bonds is 4. The first-order chi connectivity index (χ1) is 11.7. The average molecular weight is 377 g/mol. The molecule has 0 unspecified atom stereocenters. The van der Waals surface area contributed by atoms with Crippen molar-refractivity contribution < 1.29 is 26.7 Å². The molecule has 1 aromatic heterocycles. The van der Waals surface area contributed by atoms with E-state index in [1.807, 2.05) is 0 Å². The molecule has 132 valence electrons. The van der Waals surface area contributed by atoms with Crippen molar-refractivity contribution in [2.24, 2.45) is 0 Å². The van der Waals surface area contributed by atoms with Gasteiger partial charge in [-0.05, 0) is 18.4 Å². The molecule has 0 saturated heterocycles. The summed E-state index contributed by atoms with van der Waals surface area (Å²) in [5.41, 5.74) is -1.88. The van der Waals surface area contributed by atoms with E-state index in [1.54, 1.807) is 12.3 Å². The monoisotopic (exact) mass is 377 g/mol. The van der Waals surface area contributed by atoms with E-state index in [-0.39, 0.29) is 16.4 Å². The number of nitriles is 1. The van der Waals surface area contributed by atoms with E-state index in [4.69, 9.17) is 5.26 Å². The smallest absolute Gasteiger partial charge is 0.422 e. The van der Waals surface area contributed by atoms with Gasteiger partial charge in [-0.3, -0.25) is 4.79 Å². The zero-order chi connectivity index (χ0) is 18.8. The maximum atomic E-state index is 14.0. The number of nitrogens with one attached hydrogen (secondary N) is 1. The van der Waals surface area contributed by atoms with Crippen LogP contribution in [0.1, 0.15) is 5.56 Å². The second kappa shape index (κ2) is 7.10. The Labute approximate surface area is 141 Å². The Hall–Kier alpha value is -2.61. The zero-order valence-corrected chi connectivity index (χ0v) is 13.2. The normalized spacial score (nSPS) is 11.2. The van der Waals surface area contributed by atoms with E-state index in [1.165, 1.54) is 0 Å². The molecule has 5 nitrogen and oxygen atoms in total. The third-order valence-electron chi connectivity index (χ3n) is 2.85. The van der Waals surface area contributed by atoms with Crippen LogP contribution in [0.5, 0.6) is 5.75 Å². The van der Waals surface area contributed by atoms with Crippen LogP contribution in [0.2, 0.25) is 0 Å². The van der Waals surface area contributed by atoms with Crippen molar-refractivity contribution in [3.05, 3.63) is 39.7 Å². The van der Waals surface area contributed by atoms with Crippen molar-refractivity contribution in [2.75, 3.05) is 12.9 Å². The fourth-order valence-corrected chi connectivity index (χ4v) is 2.23. The first-order valence-electron chi connectivity index (χ1n) is 6.43. The van der Waals surface area contributed by atoms with Crippen molar-refractivity contribution in [1.82, 2.24) is 9.97 Å². The molecule has 0 aliphatic rings. The van der Waals surface area contributed by atoms with Crippen LogP contribution >= 0.6 is 11.8 Å². The average Bonchev–Trinajstić information content (AvgIpc) is 2.51. The zero-order valence-electron chi connectivity index (χ0n) is 12.4. The van der Waals surface area contributed by atoms with Crippen molar-refractivity contribution in [3.63, 3.8) is 0 Å². The first-order valence-corrected chi connectivity index (χ1v) is 7.66. The topological polar surface area (TPSA) is 78.8 Å². The van der Waals surface area contributed by atoms with Gasteiger partial charge in [0, 0.05) is 5.56 Å². The van der Waals surface area contributed by atoms with Crippen LogP contribution in [0.3, 0.4) is 0 Å². The highest BCUT2D eigenvalue weighted by Gasteiger charge is 2.30. The number of benzene rings is 1. The molecule has 0 fully saturated rings. The number of hydrogen-bond donors (Lipinski definition) is 1. The van der Waals surface area contributed by atoms with Gasteiger partial charge in [0.2, 0.25) is 0 Å². The fraction of sp³-hybridized carbons (Fsp3) is 0.214. The van der Waals surface area contributed by atoms with Gasteiger partial charge in [0.1, 0.15) is 11.6 Å². The molecule has 11 heteroatoms.